The molecule has 12 heavy (non-hydrogen) atoms. The lowest BCUT2D eigenvalue weighted by molar-refractivity contribution is -0.149. The molecule has 1 aliphatic heterocycles. The van der Waals surface area contributed by atoms with Crippen molar-refractivity contribution in [3.05, 3.63) is 12.2 Å². The predicted molar refractivity (Wildman–Crippen MR) is 37.6 cm³/mol. The molecule has 0 bridgehead atoms. The lowest BCUT2D eigenvalue weighted by Crippen LogP contribution is -2.31. The summed E-state index contributed by atoms with van der Waals surface area (Å²) >= 11 is 0. The highest BCUT2D eigenvalue weighted by molar-refractivity contribution is 5.93. The van der Waals surface area contributed by atoms with Gasteiger partial charge in [-0.15, -0.1) is 0 Å². The zero-order valence-electron chi connectivity index (χ0n) is 6.39. The number of rotatable bonds is 1. The summed E-state index contributed by atoms with van der Waals surface area (Å²) in [6, 6.07) is 0. The molecule has 1 N–H and O–H groups in total. The van der Waals surface area contributed by atoms with Crippen molar-refractivity contribution < 1.29 is 24.2 Å². The van der Waals surface area contributed by atoms with Crippen LogP contribution in [0, 0.1) is 0 Å². The van der Waals surface area contributed by atoms with Crippen LogP contribution in [0.15, 0.2) is 12.2 Å². The van der Waals surface area contributed by atoms with Crippen molar-refractivity contribution in [3.63, 3.8) is 0 Å². The van der Waals surface area contributed by atoms with Crippen molar-refractivity contribution in [2.75, 3.05) is 0 Å². The van der Waals surface area contributed by atoms with E-state index < -0.39 is 18.5 Å². The van der Waals surface area contributed by atoms with Crippen molar-refractivity contribution in [1.82, 2.24) is 0 Å². The first kappa shape index (κ1) is 8.73. The van der Waals surface area contributed by atoms with Gasteiger partial charge in [0.1, 0.15) is 6.10 Å². The van der Waals surface area contributed by atoms with E-state index in [9.17, 15) is 9.59 Å². The standard InChI is InChI=1S/C7H8O5/c1-4-5(8)2-3-6(11-4)12-7(9)10/h2-4,6H,1H3,(H,9,10)/t4-,6-/m0/s1. The number of hydrogen-bond donors (Lipinski definition) is 1. The summed E-state index contributed by atoms with van der Waals surface area (Å²) in [5.41, 5.74) is 0. The minimum Gasteiger partial charge on any atom is -0.450 e. The fourth-order valence-electron chi connectivity index (χ4n) is 0.789. The van der Waals surface area contributed by atoms with Crippen LogP contribution in [0.2, 0.25) is 0 Å². The summed E-state index contributed by atoms with van der Waals surface area (Å²) in [5.74, 6) is -0.194. The van der Waals surface area contributed by atoms with Crippen molar-refractivity contribution in [2.24, 2.45) is 0 Å². The van der Waals surface area contributed by atoms with Gasteiger partial charge in [0.05, 0.1) is 0 Å². The Balaban J connectivity index is 2.55. The molecule has 0 aromatic rings. The molecule has 0 radical (unpaired) electrons. The van der Waals surface area contributed by atoms with Gasteiger partial charge < -0.3 is 14.6 Å². The molecule has 1 aliphatic rings. The number of carbonyl (C=O) groups is 2. The highest BCUT2D eigenvalue weighted by atomic mass is 16.8. The highest BCUT2D eigenvalue weighted by Gasteiger charge is 2.23. The van der Waals surface area contributed by atoms with E-state index in [2.05, 4.69) is 4.74 Å². The summed E-state index contributed by atoms with van der Waals surface area (Å²) in [4.78, 5) is 20.8. The van der Waals surface area contributed by atoms with Gasteiger partial charge >= 0.3 is 6.16 Å². The van der Waals surface area contributed by atoms with E-state index in [1.807, 2.05) is 0 Å². The molecule has 0 saturated carbocycles. The van der Waals surface area contributed by atoms with Gasteiger partial charge in [-0.2, -0.15) is 0 Å². The minimum absolute atomic E-state index is 0.194. The monoisotopic (exact) mass is 172 g/mol. The molecule has 0 amide bonds. The Kier molecular flexibility index (Phi) is 2.44. The predicted octanol–water partition coefficient (Wildman–Crippen LogP) is 0.551. The van der Waals surface area contributed by atoms with Crippen LogP contribution in [-0.4, -0.2) is 29.4 Å². The Morgan fingerprint density at radius 3 is 2.92 bits per heavy atom. The number of carbonyl (C=O) groups excluding carboxylic acids is 1. The second-order valence-electron chi connectivity index (χ2n) is 2.29. The maximum Gasteiger partial charge on any atom is 0.508 e. The lowest BCUT2D eigenvalue weighted by atomic mass is 10.2. The zero-order valence-corrected chi connectivity index (χ0v) is 6.39. The first-order chi connectivity index (χ1) is 5.59. The normalized spacial score (nSPS) is 28.6. The molecule has 66 valence electrons. The molecule has 0 aromatic carbocycles. The zero-order chi connectivity index (χ0) is 9.14. The van der Waals surface area contributed by atoms with Crippen LogP contribution < -0.4 is 0 Å². The Hall–Kier alpha value is -1.36. The maximum absolute atomic E-state index is 10.8. The summed E-state index contributed by atoms with van der Waals surface area (Å²) in [6.45, 7) is 1.53. The number of hydrogen-bond acceptors (Lipinski definition) is 4. The van der Waals surface area contributed by atoms with Crippen molar-refractivity contribution in [2.45, 2.75) is 19.3 Å². The molecule has 1 heterocycles. The molecule has 1 rings (SSSR count). The number of ether oxygens (including phenoxy) is 2. The molecule has 0 fully saturated rings. The first-order valence-corrected chi connectivity index (χ1v) is 3.36. The Labute approximate surface area is 68.6 Å². The SMILES string of the molecule is C[C@@H]1O[C@@H](OC(=O)O)C=CC1=O. The van der Waals surface area contributed by atoms with Crippen LogP contribution in [0.25, 0.3) is 0 Å². The van der Waals surface area contributed by atoms with Crippen molar-refractivity contribution in [1.29, 1.82) is 0 Å². The summed E-state index contributed by atoms with van der Waals surface area (Å²) < 4.78 is 9.14. The second kappa shape index (κ2) is 3.36. The van der Waals surface area contributed by atoms with Crippen LogP contribution in [0.1, 0.15) is 6.92 Å². The van der Waals surface area contributed by atoms with Gasteiger partial charge in [-0.25, -0.2) is 4.79 Å². The molecular weight excluding hydrogens is 164 g/mol. The molecule has 2 atom stereocenters. The van der Waals surface area contributed by atoms with E-state index in [-0.39, 0.29) is 5.78 Å². The van der Waals surface area contributed by atoms with E-state index in [1.54, 1.807) is 0 Å². The third-order valence-electron chi connectivity index (χ3n) is 1.37. The van der Waals surface area contributed by atoms with Gasteiger partial charge in [-0.05, 0) is 19.1 Å². The molecule has 0 saturated heterocycles. The molecule has 0 aromatic heterocycles. The smallest absolute Gasteiger partial charge is 0.450 e. The van der Waals surface area contributed by atoms with Crippen LogP contribution in [-0.2, 0) is 14.3 Å². The Morgan fingerprint density at radius 2 is 2.42 bits per heavy atom. The van der Waals surface area contributed by atoms with Crippen LogP contribution >= 0.6 is 0 Å². The van der Waals surface area contributed by atoms with E-state index in [4.69, 9.17) is 9.84 Å². The van der Waals surface area contributed by atoms with Crippen LogP contribution in [0.3, 0.4) is 0 Å². The first-order valence-electron chi connectivity index (χ1n) is 3.36. The summed E-state index contributed by atoms with van der Waals surface area (Å²) in [7, 11) is 0. The fraction of sp³-hybridized carbons (Fsp3) is 0.429. The van der Waals surface area contributed by atoms with Crippen molar-refractivity contribution in [3.8, 4) is 0 Å². The molecular formula is C7H8O5. The highest BCUT2D eigenvalue weighted by Crippen LogP contribution is 2.09. The van der Waals surface area contributed by atoms with Gasteiger partial charge in [0, 0.05) is 0 Å². The van der Waals surface area contributed by atoms with Crippen LogP contribution in [0.4, 0.5) is 4.79 Å². The van der Waals surface area contributed by atoms with Gasteiger partial charge in [0.25, 0.3) is 0 Å². The molecule has 5 heteroatoms. The average molecular weight is 172 g/mol. The van der Waals surface area contributed by atoms with Gasteiger partial charge in [0.2, 0.25) is 6.29 Å². The van der Waals surface area contributed by atoms with Gasteiger partial charge in [-0.1, -0.05) is 0 Å². The second-order valence-corrected chi connectivity index (χ2v) is 2.29. The fourth-order valence-corrected chi connectivity index (χ4v) is 0.789. The quantitative estimate of drug-likeness (QED) is 0.584. The molecule has 0 aliphatic carbocycles. The summed E-state index contributed by atoms with van der Waals surface area (Å²) in [6.07, 6.45) is -0.515. The molecule has 5 nitrogen and oxygen atoms in total. The van der Waals surface area contributed by atoms with E-state index in [0.717, 1.165) is 0 Å². The maximum atomic E-state index is 10.8. The largest absolute Gasteiger partial charge is 0.508 e. The van der Waals surface area contributed by atoms with Gasteiger partial charge in [-0.3, -0.25) is 4.79 Å². The summed E-state index contributed by atoms with van der Waals surface area (Å²) in [5, 5.41) is 8.20. The van der Waals surface area contributed by atoms with Crippen LogP contribution in [0.5, 0.6) is 0 Å². The molecule has 0 spiro atoms. The molecule has 0 unspecified atom stereocenters. The van der Waals surface area contributed by atoms with Gasteiger partial charge in [0.15, 0.2) is 5.78 Å². The third-order valence-corrected chi connectivity index (χ3v) is 1.37. The lowest BCUT2D eigenvalue weighted by Gasteiger charge is -2.20. The minimum atomic E-state index is -1.42. The number of carboxylic acid groups (broad SMARTS) is 1. The Bertz CT molecular complexity index is 232. The van der Waals surface area contributed by atoms with E-state index in [1.165, 1.54) is 19.1 Å². The van der Waals surface area contributed by atoms with Crippen molar-refractivity contribution >= 4 is 11.9 Å². The van der Waals surface area contributed by atoms with E-state index >= 15 is 0 Å². The number of ketones is 1. The van der Waals surface area contributed by atoms with E-state index in [0.29, 0.717) is 0 Å². The third kappa shape index (κ3) is 2.06. The average Bonchev–Trinajstić information content (AvgIpc) is 1.96. The topological polar surface area (TPSA) is 72.8 Å². The Morgan fingerprint density at radius 1 is 1.75 bits per heavy atom.